The lowest BCUT2D eigenvalue weighted by molar-refractivity contribution is 0.0600. The van der Waals surface area contributed by atoms with Crippen molar-refractivity contribution in [2.75, 3.05) is 7.11 Å². The molecule has 0 amide bonds. The third-order valence-electron chi connectivity index (χ3n) is 7.20. The molecule has 0 aromatic heterocycles. The maximum Gasteiger partial charge on any atom is 0.337 e. The second kappa shape index (κ2) is 7.81. The van der Waals surface area contributed by atoms with Gasteiger partial charge in [-0.3, -0.25) is 0 Å². The lowest BCUT2D eigenvalue weighted by Gasteiger charge is -2.42. The van der Waals surface area contributed by atoms with E-state index in [1.807, 2.05) is 0 Å². The second-order valence-electron chi connectivity index (χ2n) is 8.63. The molecular formula is C24H28F2O2. The van der Waals surface area contributed by atoms with Gasteiger partial charge in [-0.2, -0.15) is 0 Å². The molecule has 2 nitrogen and oxygen atoms in total. The van der Waals surface area contributed by atoms with Gasteiger partial charge in [0.1, 0.15) is 11.6 Å². The van der Waals surface area contributed by atoms with Crippen LogP contribution in [0.5, 0.6) is 0 Å². The van der Waals surface area contributed by atoms with Crippen LogP contribution >= 0.6 is 0 Å². The number of fused-ring (bicyclic) bond motifs is 2. The van der Waals surface area contributed by atoms with Crippen LogP contribution in [0.1, 0.15) is 73.7 Å². The van der Waals surface area contributed by atoms with E-state index in [9.17, 15) is 9.18 Å². The fourth-order valence-electron chi connectivity index (χ4n) is 5.58. The van der Waals surface area contributed by atoms with Gasteiger partial charge in [-0.05, 0) is 78.9 Å². The van der Waals surface area contributed by atoms with Gasteiger partial charge in [-0.25, -0.2) is 13.6 Å². The van der Waals surface area contributed by atoms with Crippen molar-refractivity contribution in [1.29, 1.82) is 0 Å². The third-order valence-corrected chi connectivity index (χ3v) is 7.20. The Kier molecular flexibility index (Phi) is 5.39. The number of hydrogen-bond acceptors (Lipinski definition) is 2. The molecule has 2 unspecified atom stereocenters. The van der Waals surface area contributed by atoms with Crippen LogP contribution < -0.4 is 0 Å². The van der Waals surface area contributed by atoms with Crippen LogP contribution in [-0.4, -0.2) is 13.1 Å². The first-order valence-corrected chi connectivity index (χ1v) is 10.5. The molecule has 0 aliphatic heterocycles. The van der Waals surface area contributed by atoms with Gasteiger partial charge < -0.3 is 4.74 Å². The number of methoxy groups -OCH3 is 1. The molecule has 2 aliphatic rings. The van der Waals surface area contributed by atoms with Crippen molar-refractivity contribution < 1.29 is 18.3 Å². The Hall–Kier alpha value is -1.97. The van der Waals surface area contributed by atoms with Gasteiger partial charge in [0.15, 0.2) is 0 Å². The highest BCUT2D eigenvalue weighted by Crippen LogP contribution is 2.48. The minimum Gasteiger partial charge on any atom is -0.465 e. The predicted octanol–water partition coefficient (Wildman–Crippen LogP) is 6.61. The lowest BCUT2D eigenvalue weighted by atomic mass is 9.63. The van der Waals surface area contributed by atoms with Crippen LogP contribution in [0, 0.1) is 29.4 Å². The molecule has 0 N–H and O–H groups in total. The second-order valence-corrected chi connectivity index (χ2v) is 8.63. The highest BCUT2D eigenvalue weighted by atomic mass is 19.1. The van der Waals surface area contributed by atoms with E-state index in [0.29, 0.717) is 16.9 Å². The van der Waals surface area contributed by atoms with E-state index in [1.54, 1.807) is 12.1 Å². The average Bonchev–Trinajstić information content (AvgIpc) is 2.72. The molecule has 150 valence electrons. The SMILES string of the molecule is CCC1CC[C@@H]2CC(c3ccc4cc(C(=O)OC)cc(F)c4c3F)CC[C@H]2C1. The van der Waals surface area contributed by atoms with Crippen molar-refractivity contribution >= 4 is 16.7 Å². The summed E-state index contributed by atoms with van der Waals surface area (Å²) in [5.41, 5.74) is 0.737. The van der Waals surface area contributed by atoms with Gasteiger partial charge in [0.05, 0.1) is 18.1 Å². The summed E-state index contributed by atoms with van der Waals surface area (Å²) >= 11 is 0. The lowest BCUT2D eigenvalue weighted by Crippen LogP contribution is -2.30. The number of halogens is 2. The monoisotopic (exact) mass is 386 g/mol. The molecule has 28 heavy (non-hydrogen) atoms. The third kappa shape index (κ3) is 3.42. The first-order valence-electron chi connectivity index (χ1n) is 10.5. The van der Waals surface area contributed by atoms with E-state index in [4.69, 9.17) is 0 Å². The Morgan fingerprint density at radius 3 is 2.57 bits per heavy atom. The van der Waals surface area contributed by atoms with Gasteiger partial charge in [0.25, 0.3) is 0 Å². The highest BCUT2D eigenvalue weighted by Gasteiger charge is 2.36. The molecular weight excluding hydrogens is 358 g/mol. The van der Waals surface area contributed by atoms with Crippen LogP contribution in [0.3, 0.4) is 0 Å². The first-order chi connectivity index (χ1) is 13.5. The number of ether oxygens (including phenoxy) is 1. The van der Waals surface area contributed by atoms with Crippen molar-refractivity contribution in [2.45, 2.75) is 57.8 Å². The molecule has 4 rings (SSSR count). The van der Waals surface area contributed by atoms with Crippen LogP contribution in [0.15, 0.2) is 24.3 Å². The summed E-state index contributed by atoms with van der Waals surface area (Å²) in [6.07, 6.45) is 8.24. The molecule has 2 aromatic carbocycles. The van der Waals surface area contributed by atoms with Gasteiger partial charge >= 0.3 is 5.97 Å². The molecule has 0 bridgehead atoms. The molecule has 0 saturated heterocycles. The van der Waals surface area contributed by atoms with E-state index in [2.05, 4.69) is 11.7 Å². The van der Waals surface area contributed by atoms with Gasteiger partial charge in [-0.1, -0.05) is 31.9 Å². The number of rotatable bonds is 3. The Bertz CT molecular complexity index is 892. The zero-order valence-corrected chi connectivity index (χ0v) is 16.6. The maximum atomic E-state index is 15.3. The summed E-state index contributed by atoms with van der Waals surface area (Å²) in [4.78, 5) is 11.7. The smallest absolute Gasteiger partial charge is 0.337 e. The van der Waals surface area contributed by atoms with Gasteiger partial charge in [0, 0.05) is 0 Å². The summed E-state index contributed by atoms with van der Waals surface area (Å²) < 4.78 is 34.6. The summed E-state index contributed by atoms with van der Waals surface area (Å²) in [6, 6.07) is 6.11. The zero-order valence-electron chi connectivity index (χ0n) is 16.6. The van der Waals surface area contributed by atoms with Crippen LogP contribution in [0.25, 0.3) is 10.8 Å². The Balaban J connectivity index is 1.62. The van der Waals surface area contributed by atoms with Crippen LogP contribution in [0.2, 0.25) is 0 Å². The number of carbonyl (C=O) groups is 1. The molecule has 0 radical (unpaired) electrons. The summed E-state index contributed by atoms with van der Waals surface area (Å²) in [5.74, 6) is 0.676. The molecule has 0 spiro atoms. The standard InChI is InChI=1S/C24H28F2O2/c1-3-14-4-5-16-11-17(7-6-15(16)10-14)20-9-8-18-12-19(24(27)28-2)13-21(25)22(18)23(20)26/h8-9,12-17H,3-7,10-11H2,1-2H3/t14?,15-,16+,17?/m0/s1. The largest absolute Gasteiger partial charge is 0.465 e. The Morgan fingerprint density at radius 2 is 1.82 bits per heavy atom. The molecule has 4 heteroatoms. The fourth-order valence-corrected chi connectivity index (χ4v) is 5.58. The number of esters is 1. The van der Waals surface area contributed by atoms with E-state index < -0.39 is 17.6 Å². The maximum absolute atomic E-state index is 15.3. The van der Waals surface area contributed by atoms with Crippen LogP contribution in [0.4, 0.5) is 8.78 Å². The van der Waals surface area contributed by atoms with Crippen molar-refractivity contribution in [3.05, 3.63) is 47.0 Å². The molecule has 2 fully saturated rings. The quantitative estimate of drug-likeness (QED) is 0.555. The highest BCUT2D eigenvalue weighted by molar-refractivity contribution is 5.96. The summed E-state index contributed by atoms with van der Waals surface area (Å²) in [6.45, 7) is 2.28. The number of hydrogen-bond donors (Lipinski definition) is 0. The van der Waals surface area contributed by atoms with E-state index in [0.717, 1.165) is 37.2 Å². The zero-order chi connectivity index (χ0) is 19.8. The minimum absolute atomic E-state index is 0.0121. The summed E-state index contributed by atoms with van der Waals surface area (Å²) in [7, 11) is 1.25. The van der Waals surface area contributed by atoms with Crippen LogP contribution in [-0.2, 0) is 4.74 Å². The van der Waals surface area contributed by atoms with Crippen molar-refractivity contribution in [2.24, 2.45) is 17.8 Å². The number of carbonyl (C=O) groups excluding carboxylic acids is 1. The van der Waals surface area contributed by atoms with Crippen molar-refractivity contribution in [3.8, 4) is 0 Å². The molecule has 2 aromatic rings. The molecule has 2 aliphatic carbocycles. The number of benzene rings is 2. The summed E-state index contributed by atoms with van der Waals surface area (Å²) in [5, 5.41) is 0.390. The first kappa shape index (κ1) is 19.4. The molecule has 2 saturated carbocycles. The topological polar surface area (TPSA) is 26.3 Å². The normalized spacial score (nSPS) is 27.4. The average molecular weight is 386 g/mol. The minimum atomic E-state index is -0.700. The van der Waals surface area contributed by atoms with Gasteiger partial charge in [0.2, 0.25) is 0 Å². The molecule has 0 heterocycles. The fraction of sp³-hybridized carbons (Fsp3) is 0.542. The van der Waals surface area contributed by atoms with Crippen molar-refractivity contribution in [1.82, 2.24) is 0 Å². The van der Waals surface area contributed by atoms with E-state index in [1.165, 1.54) is 38.9 Å². The Morgan fingerprint density at radius 1 is 1.07 bits per heavy atom. The van der Waals surface area contributed by atoms with E-state index in [-0.39, 0.29) is 16.9 Å². The van der Waals surface area contributed by atoms with Crippen molar-refractivity contribution in [3.63, 3.8) is 0 Å². The van der Waals surface area contributed by atoms with Gasteiger partial charge in [-0.15, -0.1) is 0 Å². The molecule has 4 atom stereocenters. The Labute approximate surface area is 165 Å². The predicted molar refractivity (Wildman–Crippen MR) is 106 cm³/mol. The van der Waals surface area contributed by atoms with E-state index >= 15 is 4.39 Å².